The van der Waals surface area contributed by atoms with Gasteiger partial charge in [-0.05, 0) is 31.2 Å². The fraction of sp³-hybridized carbons (Fsp3) is 0.714. The summed E-state index contributed by atoms with van der Waals surface area (Å²) in [5, 5.41) is 3.24. The summed E-state index contributed by atoms with van der Waals surface area (Å²) >= 11 is 0. The molecule has 1 aromatic heterocycles. The van der Waals surface area contributed by atoms with Crippen LogP contribution in [0.1, 0.15) is 26.2 Å². The van der Waals surface area contributed by atoms with Gasteiger partial charge in [-0.1, -0.05) is 6.92 Å². The van der Waals surface area contributed by atoms with Crippen molar-refractivity contribution < 1.29 is 4.74 Å². The Bertz CT molecular complexity index is 377. The molecule has 0 aromatic carbocycles. The van der Waals surface area contributed by atoms with Gasteiger partial charge < -0.3 is 15.0 Å². The molecule has 0 spiro atoms. The van der Waals surface area contributed by atoms with Gasteiger partial charge in [0.2, 0.25) is 5.95 Å². The number of hydrogen-bond acceptors (Lipinski definition) is 5. The number of hydrogen-bond donors (Lipinski definition) is 1. The van der Waals surface area contributed by atoms with Gasteiger partial charge in [0, 0.05) is 39.5 Å². The van der Waals surface area contributed by atoms with E-state index in [0.29, 0.717) is 5.95 Å². The first kappa shape index (κ1) is 14.1. The molecule has 1 aromatic rings. The van der Waals surface area contributed by atoms with Gasteiger partial charge in [0.05, 0.1) is 0 Å². The fourth-order valence-corrected chi connectivity index (χ4v) is 2.26. The standard InChI is InChI=1S/C14H24N4O/c1-12-5-9-18(10-6-12)13-4-8-16-14(17-13)15-7-3-11-19-2/h4,8,12H,3,5-7,9-11H2,1-2H3,(H,15,16,17). The van der Waals surface area contributed by atoms with E-state index in [4.69, 9.17) is 4.74 Å². The molecule has 0 saturated carbocycles. The molecule has 5 heteroatoms. The summed E-state index contributed by atoms with van der Waals surface area (Å²) in [6.07, 6.45) is 5.30. The molecule has 0 unspecified atom stereocenters. The zero-order valence-electron chi connectivity index (χ0n) is 11.9. The van der Waals surface area contributed by atoms with E-state index in [2.05, 4.69) is 27.1 Å². The Hall–Kier alpha value is -1.36. The average molecular weight is 264 g/mol. The number of piperidine rings is 1. The number of aromatic nitrogens is 2. The van der Waals surface area contributed by atoms with Gasteiger partial charge in [0.1, 0.15) is 5.82 Å². The highest BCUT2D eigenvalue weighted by atomic mass is 16.5. The fourth-order valence-electron chi connectivity index (χ4n) is 2.26. The Kier molecular flexibility index (Phi) is 5.39. The number of nitrogens with zero attached hydrogens (tertiary/aromatic N) is 3. The molecule has 0 radical (unpaired) electrons. The van der Waals surface area contributed by atoms with E-state index in [1.165, 1.54) is 12.8 Å². The molecule has 5 nitrogen and oxygen atoms in total. The van der Waals surface area contributed by atoms with Crippen LogP contribution in [0.4, 0.5) is 11.8 Å². The van der Waals surface area contributed by atoms with E-state index in [9.17, 15) is 0 Å². The van der Waals surface area contributed by atoms with Crippen LogP contribution < -0.4 is 10.2 Å². The molecule has 2 rings (SSSR count). The lowest BCUT2D eigenvalue weighted by Gasteiger charge is -2.31. The van der Waals surface area contributed by atoms with Crippen molar-refractivity contribution in [1.29, 1.82) is 0 Å². The summed E-state index contributed by atoms with van der Waals surface area (Å²) in [5.74, 6) is 2.59. The lowest BCUT2D eigenvalue weighted by atomic mass is 9.99. The van der Waals surface area contributed by atoms with Crippen LogP contribution in [0.5, 0.6) is 0 Å². The van der Waals surface area contributed by atoms with E-state index in [1.54, 1.807) is 7.11 Å². The first-order valence-corrected chi connectivity index (χ1v) is 7.10. The van der Waals surface area contributed by atoms with Crippen molar-refractivity contribution >= 4 is 11.8 Å². The summed E-state index contributed by atoms with van der Waals surface area (Å²) in [4.78, 5) is 11.2. The predicted octanol–water partition coefficient (Wildman–Crippen LogP) is 2.16. The molecular weight excluding hydrogens is 240 g/mol. The molecular formula is C14H24N4O. The molecule has 1 N–H and O–H groups in total. The summed E-state index contributed by atoms with van der Waals surface area (Å²) in [6, 6.07) is 2.00. The summed E-state index contributed by atoms with van der Waals surface area (Å²) in [5.41, 5.74) is 0. The largest absolute Gasteiger partial charge is 0.385 e. The third-order valence-corrected chi connectivity index (χ3v) is 3.56. The van der Waals surface area contributed by atoms with Crippen LogP contribution in [0, 0.1) is 5.92 Å². The summed E-state index contributed by atoms with van der Waals surface area (Å²) in [7, 11) is 1.72. The Morgan fingerprint density at radius 3 is 2.95 bits per heavy atom. The normalized spacial score (nSPS) is 16.6. The number of rotatable bonds is 6. The van der Waals surface area contributed by atoms with Crippen LogP contribution in [0.2, 0.25) is 0 Å². The molecule has 1 saturated heterocycles. The zero-order valence-corrected chi connectivity index (χ0v) is 11.9. The van der Waals surface area contributed by atoms with E-state index < -0.39 is 0 Å². The second kappa shape index (κ2) is 7.28. The minimum Gasteiger partial charge on any atom is -0.385 e. The van der Waals surface area contributed by atoms with Gasteiger partial charge in [-0.2, -0.15) is 4.98 Å². The highest BCUT2D eigenvalue weighted by Crippen LogP contribution is 2.21. The lowest BCUT2D eigenvalue weighted by molar-refractivity contribution is 0.197. The van der Waals surface area contributed by atoms with Gasteiger partial charge in [-0.3, -0.25) is 0 Å². The van der Waals surface area contributed by atoms with Gasteiger partial charge in [-0.25, -0.2) is 4.98 Å². The molecule has 19 heavy (non-hydrogen) atoms. The second-order valence-corrected chi connectivity index (χ2v) is 5.18. The third-order valence-electron chi connectivity index (χ3n) is 3.56. The highest BCUT2D eigenvalue weighted by Gasteiger charge is 2.17. The summed E-state index contributed by atoms with van der Waals surface area (Å²) < 4.78 is 5.02. The van der Waals surface area contributed by atoms with Gasteiger partial charge >= 0.3 is 0 Å². The second-order valence-electron chi connectivity index (χ2n) is 5.18. The molecule has 0 amide bonds. The first-order chi connectivity index (χ1) is 9.29. The Morgan fingerprint density at radius 2 is 2.21 bits per heavy atom. The minimum absolute atomic E-state index is 0.715. The predicted molar refractivity (Wildman–Crippen MR) is 77.6 cm³/mol. The Labute approximate surface area is 115 Å². The lowest BCUT2D eigenvalue weighted by Crippen LogP contribution is -2.33. The van der Waals surface area contributed by atoms with Gasteiger partial charge in [0.25, 0.3) is 0 Å². The Balaban J connectivity index is 1.87. The van der Waals surface area contributed by atoms with Crippen LogP contribution in [0.3, 0.4) is 0 Å². The average Bonchev–Trinajstić information content (AvgIpc) is 2.45. The van der Waals surface area contributed by atoms with E-state index >= 15 is 0 Å². The number of methoxy groups -OCH3 is 1. The minimum atomic E-state index is 0.715. The molecule has 0 atom stereocenters. The van der Waals surface area contributed by atoms with Crippen LogP contribution in [0.25, 0.3) is 0 Å². The Morgan fingerprint density at radius 1 is 1.42 bits per heavy atom. The van der Waals surface area contributed by atoms with Crippen molar-refractivity contribution in [3.05, 3.63) is 12.3 Å². The zero-order chi connectivity index (χ0) is 13.5. The quantitative estimate of drug-likeness (QED) is 0.798. The topological polar surface area (TPSA) is 50.3 Å². The summed E-state index contributed by atoms with van der Waals surface area (Å²) in [6.45, 7) is 6.12. The van der Waals surface area contributed by atoms with Crippen LogP contribution in [-0.2, 0) is 4.74 Å². The molecule has 0 bridgehead atoms. The van der Waals surface area contributed by atoms with Crippen molar-refractivity contribution in [1.82, 2.24) is 9.97 Å². The number of nitrogens with one attached hydrogen (secondary N) is 1. The number of ether oxygens (including phenoxy) is 1. The van der Waals surface area contributed by atoms with Gasteiger partial charge in [-0.15, -0.1) is 0 Å². The van der Waals surface area contributed by atoms with Crippen LogP contribution in [0.15, 0.2) is 12.3 Å². The van der Waals surface area contributed by atoms with Crippen molar-refractivity contribution in [3.63, 3.8) is 0 Å². The molecule has 1 fully saturated rings. The van der Waals surface area contributed by atoms with E-state index in [0.717, 1.165) is 44.4 Å². The third kappa shape index (κ3) is 4.35. The highest BCUT2D eigenvalue weighted by molar-refractivity contribution is 5.42. The van der Waals surface area contributed by atoms with E-state index in [-0.39, 0.29) is 0 Å². The maximum absolute atomic E-state index is 5.02. The van der Waals surface area contributed by atoms with Crippen LogP contribution in [-0.4, -0.2) is 43.3 Å². The maximum atomic E-state index is 5.02. The maximum Gasteiger partial charge on any atom is 0.224 e. The van der Waals surface area contributed by atoms with E-state index in [1.807, 2.05) is 12.3 Å². The first-order valence-electron chi connectivity index (χ1n) is 7.10. The number of anilines is 2. The monoisotopic (exact) mass is 264 g/mol. The van der Waals surface area contributed by atoms with Crippen LogP contribution >= 0.6 is 0 Å². The van der Waals surface area contributed by atoms with Crippen molar-refractivity contribution in [3.8, 4) is 0 Å². The van der Waals surface area contributed by atoms with Crippen molar-refractivity contribution in [2.45, 2.75) is 26.2 Å². The SMILES string of the molecule is COCCCNc1nccc(N2CCC(C)CC2)n1. The molecule has 1 aliphatic rings. The molecule has 2 heterocycles. The van der Waals surface area contributed by atoms with Crippen molar-refractivity contribution in [2.75, 3.05) is 43.6 Å². The van der Waals surface area contributed by atoms with Gasteiger partial charge in [0.15, 0.2) is 0 Å². The molecule has 0 aliphatic carbocycles. The smallest absolute Gasteiger partial charge is 0.224 e. The molecule has 106 valence electrons. The van der Waals surface area contributed by atoms with Crippen molar-refractivity contribution in [2.24, 2.45) is 5.92 Å². The molecule has 1 aliphatic heterocycles.